The van der Waals surface area contributed by atoms with Crippen LogP contribution in [0.4, 0.5) is 0 Å². The van der Waals surface area contributed by atoms with Gasteiger partial charge in [0, 0.05) is 42.8 Å². The minimum absolute atomic E-state index is 0.107. The molecule has 8 nitrogen and oxygen atoms in total. The van der Waals surface area contributed by atoms with E-state index >= 15 is 0 Å². The number of aromatic amines is 1. The van der Waals surface area contributed by atoms with E-state index in [-0.39, 0.29) is 12.5 Å². The van der Waals surface area contributed by atoms with E-state index in [1.54, 1.807) is 0 Å². The molecule has 11 heteroatoms. The number of benzene rings is 3. The molecule has 3 aromatic heterocycles. The number of nitrogens with one attached hydrogen (secondary N) is 1. The standard InChI is InChI=1S/2C13H15BrN2O.C8H7BrN2/c2*1-9-5-6-11-10(13(9)14)8-15-16(11)12-4-2-3-7-17-12;1-5-2-3-7-6(8(5)9)4-10-11-7/h2*5-6,8,12H,2-4,7H2,1H3;2-4H,1H3,(H,10,11). The number of ether oxygens (including phenoxy) is 2. The summed E-state index contributed by atoms with van der Waals surface area (Å²) in [7, 11) is 0. The topological polar surface area (TPSA) is 82.8 Å². The largest absolute Gasteiger partial charge is 0.356 e. The summed E-state index contributed by atoms with van der Waals surface area (Å²) in [6, 6.07) is 12.6. The minimum Gasteiger partial charge on any atom is -0.356 e. The summed E-state index contributed by atoms with van der Waals surface area (Å²) in [6.07, 6.45) is 12.8. The molecule has 0 spiro atoms. The highest BCUT2D eigenvalue weighted by molar-refractivity contribution is 9.11. The van der Waals surface area contributed by atoms with Gasteiger partial charge in [-0.15, -0.1) is 0 Å². The number of nitrogens with zero attached hydrogens (tertiary/aromatic N) is 5. The Kier molecular flexibility index (Phi) is 10.4. The van der Waals surface area contributed by atoms with Gasteiger partial charge in [0.15, 0.2) is 12.5 Å². The molecule has 0 saturated carbocycles. The van der Waals surface area contributed by atoms with Crippen molar-refractivity contribution in [2.24, 2.45) is 0 Å². The summed E-state index contributed by atoms with van der Waals surface area (Å²) < 4.78 is 19.0. The second kappa shape index (κ2) is 14.5. The van der Waals surface area contributed by atoms with Crippen LogP contribution < -0.4 is 0 Å². The molecule has 2 aliphatic heterocycles. The van der Waals surface area contributed by atoms with Crippen molar-refractivity contribution in [3.05, 3.63) is 85.1 Å². The fourth-order valence-electron chi connectivity index (χ4n) is 5.78. The molecular weight excluding hydrogens is 764 g/mol. The molecule has 0 aliphatic carbocycles. The Morgan fingerprint density at radius 2 is 1.09 bits per heavy atom. The molecule has 45 heavy (non-hydrogen) atoms. The molecule has 0 amide bonds. The number of rotatable bonds is 2. The van der Waals surface area contributed by atoms with Crippen LogP contribution in [0.2, 0.25) is 0 Å². The molecule has 0 radical (unpaired) electrons. The maximum atomic E-state index is 5.79. The van der Waals surface area contributed by atoms with Gasteiger partial charge in [-0.2, -0.15) is 15.3 Å². The van der Waals surface area contributed by atoms with Crippen LogP contribution in [-0.2, 0) is 9.47 Å². The van der Waals surface area contributed by atoms with Crippen LogP contribution in [0.3, 0.4) is 0 Å². The van der Waals surface area contributed by atoms with Crippen molar-refractivity contribution in [1.82, 2.24) is 29.8 Å². The van der Waals surface area contributed by atoms with Crippen LogP contribution >= 0.6 is 47.8 Å². The van der Waals surface area contributed by atoms with Gasteiger partial charge in [-0.1, -0.05) is 18.2 Å². The van der Waals surface area contributed by atoms with Crippen LogP contribution in [-0.4, -0.2) is 43.0 Å². The Morgan fingerprint density at radius 3 is 1.56 bits per heavy atom. The molecule has 2 fully saturated rings. The highest BCUT2D eigenvalue weighted by Crippen LogP contribution is 2.33. The van der Waals surface area contributed by atoms with Crippen LogP contribution in [0.25, 0.3) is 32.7 Å². The van der Waals surface area contributed by atoms with Crippen molar-refractivity contribution in [2.75, 3.05) is 13.2 Å². The fraction of sp³-hybridized carbons (Fsp3) is 0.382. The summed E-state index contributed by atoms with van der Waals surface area (Å²) in [6.45, 7) is 7.95. The average Bonchev–Trinajstić information content (AvgIpc) is 3.83. The molecule has 5 heterocycles. The molecule has 2 saturated heterocycles. The van der Waals surface area contributed by atoms with E-state index in [1.165, 1.54) is 53.1 Å². The van der Waals surface area contributed by atoms with E-state index < -0.39 is 0 Å². The van der Waals surface area contributed by atoms with Crippen LogP contribution in [0.5, 0.6) is 0 Å². The van der Waals surface area contributed by atoms with Gasteiger partial charge < -0.3 is 9.47 Å². The Labute approximate surface area is 288 Å². The maximum absolute atomic E-state index is 5.79. The SMILES string of the molecule is Cc1ccc2[nH]ncc2c1Br.Cc1ccc2c(cnn2C2CCCCO2)c1Br.Cc1ccc2c(cnn2C2CCCCO2)c1Br. The lowest BCUT2D eigenvalue weighted by Gasteiger charge is -2.23. The second-order valence-corrected chi connectivity index (χ2v) is 14.0. The molecule has 6 aromatic rings. The molecule has 3 aromatic carbocycles. The molecule has 8 rings (SSSR count). The zero-order valence-electron chi connectivity index (χ0n) is 25.7. The Hall–Kier alpha value is -2.57. The lowest BCUT2D eigenvalue weighted by atomic mass is 10.1. The van der Waals surface area contributed by atoms with Gasteiger partial charge in [0.25, 0.3) is 0 Å². The predicted octanol–water partition coefficient (Wildman–Crippen LogP) is 10.2. The quantitative estimate of drug-likeness (QED) is 0.189. The number of hydrogen-bond donors (Lipinski definition) is 1. The molecule has 2 atom stereocenters. The van der Waals surface area contributed by atoms with E-state index in [1.807, 2.05) is 34.0 Å². The molecule has 2 unspecified atom stereocenters. The number of halogens is 3. The highest BCUT2D eigenvalue weighted by Gasteiger charge is 2.20. The first-order chi connectivity index (χ1) is 21.8. The van der Waals surface area contributed by atoms with Crippen molar-refractivity contribution >= 4 is 80.5 Å². The van der Waals surface area contributed by atoms with Gasteiger partial charge in [0.1, 0.15) is 0 Å². The molecule has 2 aliphatic rings. The van der Waals surface area contributed by atoms with Crippen molar-refractivity contribution in [2.45, 2.75) is 71.8 Å². The van der Waals surface area contributed by atoms with Crippen LogP contribution in [0.15, 0.2) is 68.4 Å². The van der Waals surface area contributed by atoms with Crippen molar-refractivity contribution < 1.29 is 9.47 Å². The van der Waals surface area contributed by atoms with Gasteiger partial charge in [0.05, 0.1) is 35.1 Å². The van der Waals surface area contributed by atoms with Crippen LogP contribution in [0.1, 0.15) is 67.7 Å². The van der Waals surface area contributed by atoms with Crippen molar-refractivity contribution in [1.29, 1.82) is 0 Å². The van der Waals surface area contributed by atoms with Gasteiger partial charge in [-0.05, 0) is 142 Å². The third kappa shape index (κ3) is 6.93. The van der Waals surface area contributed by atoms with Gasteiger partial charge in [-0.3, -0.25) is 5.10 Å². The predicted molar refractivity (Wildman–Crippen MR) is 191 cm³/mol. The Morgan fingerprint density at radius 1 is 0.622 bits per heavy atom. The first-order valence-electron chi connectivity index (χ1n) is 15.4. The molecule has 236 valence electrons. The number of H-pyrrole nitrogens is 1. The number of aromatic nitrogens is 6. The lowest BCUT2D eigenvalue weighted by Crippen LogP contribution is -2.18. The molecule has 1 N–H and O–H groups in total. The normalized spacial score (nSPS) is 18.4. The molecular formula is C34H37Br3N6O2. The van der Waals surface area contributed by atoms with Crippen molar-refractivity contribution in [3.8, 4) is 0 Å². The second-order valence-electron chi connectivity index (χ2n) is 11.6. The van der Waals surface area contributed by atoms with Crippen molar-refractivity contribution in [3.63, 3.8) is 0 Å². The van der Waals surface area contributed by atoms with E-state index in [0.717, 1.165) is 61.4 Å². The first kappa shape index (κ1) is 32.4. The number of hydrogen-bond acceptors (Lipinski definition) is 5. The van der Waals surface area contributed by atoms with E-state index in [2.05, 4.69) is 119 Å². The zero-order valence-corrected chi connectivity index (χ0v) is 30.5. The Balaban J connectivity index is 0.000000122. The molecule has 0 bridgehead atoms. The lowest BCUT2D eigenvalue weighted by molar-refractivity contribution is -0.0367. The highest BCUT2D eigenvalue weighted by atomic mass is 79.9. The third-order valence-electron chi connectivity index (χ3n) is 8.42. The average molecular weight is 801 g/mol. The first-order valence-corrected chi connectivity index (χ1v) is 17.8. The number of aryl methyl sites for hydroxylation is 3. The summed E-state index contributed by atoms with van der Waals surface area (Å²) in [5, 5.41) is 19.3. The monoisotopic (exact) mass is 798 g/mol. The zero-order chi connectivity index (χ0) is 31.5. The van der Waals surface area contributed by atoms with Gasteiger partial charge in [0.2, 0.25) is 0 Å². The fourth-order valence-corrected chi connectivity index (χ4v) is 7.10. The minimum atomic E-state index is 0.107. The summed E-state index contributed by atoms with van der Waals surface area (Å²) in [4.78, 5) is 0. The number of fused-ring (bicyclic) bond motifs is 3. The van der Waals surface area contributed by atoms with Gasteiger partial charge >= 0.3 is 0 Å². The Bertz CT molecular complexity index is 1820. The van der Waals surface area contributed by atoms with E-state index in [9.17, 15) is 0 Å². The summed E-state index contributed by atoms with van der Waals surface area (Å²) in [5.41, 5.74) is 7.08. The van der Waals surface area contributed by atoms with Gasteiger partial charge in [-0.25, -0.2) is 9.36 Å². The van der Waals surface area contributed by atoms with Crippen LogP contribution in [0, 0.1) is 20.8 Å². The summed E-state index contributed by atoms with van der Waals surface area (Å²) in [5.74, 6) is 0. The maximum Gasteiger partial charge on any atom is 0.150 e. The third-order valence-corrected chi connectivity index (χ3v) is 11.6. The van der Waals surface area contributed by atoms with E-state index in [4.69, 9.17) is 9.47 Å². The summed E-state index contributed by atoms with van der Waals surface area (Å²) >= 11 is 10.7. The van der Waals surface area contributed by atoms with E-state index in [0.29, 0.717) is 0 Å². The smallest absolute Gasteiger partial charge is 0.150 e.